The Hall–Kier alpha value is -3.68. The molecule has 8 heteroatoms. The first-order chi connectivity index (χ1) is 15.3. The highest BCUT2D eigenvalue weighted by molar-refractivity contribution is 5.98. The van der Waals surface area contributed by atoms with E-state index in [1.54, 1.807) is 30.4 Å². The second-order valence-corrected chi connectivity index (χ2v) is 7.95. The number of aryl methyl sites for hydroxylation is 1. The number of carbonyl (C=O) groups is 1. The number of halogens is 3. The fourth-order valence-electron chi connectivity index (χ4n) is 4.46. The molecule has 162 valence electrons. The summed E-state index contributed by atoms with van der Waals surface area (Å²) in [6.45, 7) is 2.30. The van der Waals surface area contributed by atoms with E-state index in [0.29, 0.717) is 29.9 Å². The average Bonchev–Trinajstić information content (AvgIpc) is 3.13. The molecule has 2 aromatic heterocycles. The summed E-state index contributed by atoms with van der Waals surface area (Å²) in [6, 6.07) is 8.96. The molecule has 1 amide bonds. The van der Waals surface area contributed by atoms with Crippen molar-refractivity contribution in [1.82, 2.24) is 19.7 Å². The maximum Gasteiger partial charge on any atom is 0.254 e. The lowest BCUT2D eigenvalue weighted by atomic mass is 9.94. The Morgan fingerprint density at radius 3 is 2.56 bits per heavy atom. The van der Waals surface area contributed by atoms with Gasteiger partial charge in [0, 0.05) is 48.1 Å². The van der Waals surface area contributed by atoms with Gasteiger partial charge in [-0.2, -0.15) is 5.10 Å². The molecule has 32 heavy (non-hydrogen) atoms. The predicted octanol–water partition coefficient (Wildman–Crippen LogP) is 4.81. The number of benzene rings is 2. The number of carbonyl (C=O) groups excluding carboxylic acids is 1. The lowest BCUT2D eigenvalue weighted by Gasteiger charge is -2.33. The summed E-state index contributed by atoms with van der Waals surface area (Å²) in [6.07, 6.45) is 3.89. The fourth-order valence-corrected chi connectivity index (χ4v) is 4.46. The Labute approximate surface area is 182 Å². The normalized spacial score (nSPS) is 15.8. The largest absolute Gasteiger partial charge is 0.330 e. The summed E-state index contributed by atoms with van der Waals surface area (Å²) in [5.41, 5.74) is 2.77. The van der Waals surface area contributed by atoms with Crippen LogP contribution in [0, 0.1) is 17.5 Å². The zero-order valence-electron chi connectivity index (χ0n) is 17.4. The van der Waals surface area contributed by atoms with Gasteiger partial charge in [-0.05, 0) is 49.1 Å². The highest BCUT2D eigenvalue weighted by atomic mass is 19.2. The minimum absolute atomic E-state index is 0.118. The summed E-state index contributed by atoms with van der Waals surface area (Å²) in [5.74, 6) is -4.11. The van der Waals surface area contributed by atoms with Crippen LogP contribution < -0.4 is 0 Å². The Bertz CT molecular complexity index is 1360. The molecule has 0 aliphatic carbocycles. The molecule has 5 rings (SSSR count). The highest BCUT2D eigenvalue weighted by Gasteiger charge is 2.33. The van der Waals surface area contributed by atoms with Crippen molar-refractivity contribution in [3.8, 4) is 11.3 Å². The molecule has 1 aliphatic rings. The molecule has 0 unspecified atom stereocenters. The predicted molar refractivity (Wildman–Crippen MR) is 113 cm³/mol. The molecular weight excluding hydrogens is 417 g/mol. The van der Waals surface area contributed by atoms with E-state index >= 15 is 0 Å². The van der Waals surface area contributed by atoms with Gasteiger partial charge in [-0.15, -0.1) is 0 Å². The topological polar surface area (TPSA) is 51.0 Å². The summed E-state index contributed by atoms with van der Waals surface area (Å²) >= 11 is 0. The van der Waals surface area contributed by atoms with E-state index in [0.717, 1.165) is 28.5 Å². The molecule has 5 nitrogen and oxygen atoms in total. The first-order valence-corrected chi connectivity index (χ1v) is 10.2. The van der Waals surface area contributed by atoms with Gasteiger partial charge in [0.2, 0.25) is 0 Å². The minimum atomic E-state index is -1.50. The second kappa shape index (κ2) is 7.47. The summed E-state index contributed by atoms with van der Waals surface area (Å²) in [4.78, 5) is 19.1. The smallest absolute Gasteiger partial charge is 0.254 e. The Balaban J connectivity index is 1.51. The third-order valence-electron chi connectivity index (χ3n) is 6.05. The van der Waals surface area contributed by atoms with Gasteiger partial charge in [-0.3, -0.25) is 14.5 Å². The zero-order valence-corrected chi connectivity index (χ0v) is 17.4. The molecule has 2 aromatic carbocycles. The van der Waals surface area contributed by atoms with E-state index in [9.17, 15) is 18.0 Å². The van der Waals surface area contributed by atoms with Gasteiger partial charge in [-0.25, -0.2) is 13.2 Å². The van der Waals surface area contributed by atoms with Crippen LogP contribution in [0.4, 0.5) is 13.2 Å². The molecular formula is C24H19F3N4O. The summed E-state index contributed by atoms with van der Waals surface area (Å²) in [5, 5.41) is 6.42. The van der Waals surface area contributed by atoms with Gasteiger partial charge in [-0.1, -0.05) is 6.07 Å². The number of hydrogen-bond donors (Lipinski definition) is 0. The van der Waals surface area contributed by atoms with Gasteiger partial charge < -0.3 is 4.90 Å². The molecule has 0 spiro atoms. The van der Waals surface area contributed by atoms with Crippen LogP contribution >= 0.6 is 0 Å². The highest BCUT2D eigenvalue weighted by Crippen LogP contribution is 2.37. The minimum Gasteiger partial charge on any atom is -0.330 e. The lowest BCUT2D eigenvalue weighted by Crippen LogP contribution is -2.38. The number of fused-ring (bicyclic) bond motifs is 2. The van der Waals surface area contributed by atoms with Gasteiger partial charge >= 0.3 is 0 Å². The number of aromatic nitrogens is 3. The Kier molecular flexibility index (Phi) is 4.73. The molecule has 1 atom stereocenters. The van der Waals surface area contributed by atoms with Gasteiger partial charge in [0.15, 0.2) is 17.5 Å². The van der Waals surface area contributed by atoms with Crippen LogP contribution in [0.15, 0.2) is 48.8 Å². The van der Waals surface area contributed by atoms with E-state index in [2.05, 4.69) is 10.1 Å². The quantitative estimate of drug-likeness (QED) is 0.424. The van der Waals surface area contributed by atoms with Crippen LogP contribution in [0.25, 0.3) is 22.0 Å². The average molecular weight is 436 g/mol. The van der Waals surface area contributed by atoms with E-state index in [4.69, 9.17) is 0 Å². The van der Waals surface area contributed by atoms with E-state index in [-0.39, 0.29) is 17.5 Å². The number of pyridine rings is 1. The van der Waals surface area contributed by atoms with Crippen molar-refractivity contribution in [1.29, 1.82) is 0 Å². The molecule has 0 radical (unpaired) electrons. The van der Waals surface area contributed by atoms with Crippen LogP contribution in [0.2, 0.25) is 0 Å². The van der Waals surface area contributed by atoms with Gasteiger partial charge in [0.1, 0.15) is 0 Å². The van der Waals surface area contributed by atoms with E-state index in [1.807, 2.05) is 25.1 Å². The zero-order chi connectivity index (χ0) is 22.6. The first-order valence-electron chi connectivity index (χ1n) is 10.2. The number of amides is 1. The maximum atomic E-state index is 13.8. The van der Waals surface area contributed by atoms with Gasteiger partial charge in [0.05, 0.1) is 17.4 Å². The molecule has 0 saturated carbocycles. The van der Waals surface area contributed by atoms with Crippen molar-refractivity contribution in [3.63, 3.8) is 0 Å². The van der Waals surface area contributed by atoms with Crippen LogP contribution in [-0.2, 0) is 13.5 Å². The number of hydrogen-bond acceptors (Lipinski definition) is 3. The molecule has 0 saturated heterocycles. The van der Waals surface area contributed by atoms with Gasteiger partial charge in [0.25, 0.3) is 5.91 Å². The molecule has 4 aromatic rings. The number of rotatable bonds is 2. The molecule has 1 aliphatic heterocycles. The van der Waals surface area contributed by atoms with Crippen molar-refractivity contribution in [2.75, 3.05) is 6.54 Å². The van der Waals surface area contributed by atoms with Crippen LogP contribution in [0.3, 0.4) is 0 Å². The van der Waals surface area contributed by atoms with E-state index in [1.165, 1.54) is 4.68 Å². The molecule has 0 N–H and O–H groups in total. The van der Waals surface area contributed by atoms with Crippen molar-refractivity contribution >= 4 is 16.7 Å². The Morgan fingerprint density at radius 1 is 1.06 bits per heavy atom. The lowest BCUT2D eigenvalue weighted by molar-refractivity contribution is 0.0674. The standard InChI is InChI=1S/C24H19F3N4O/c1-13-22-18(23(30(2)29-22)17-10-19(25)21(27)20(26)11-17)6-8-31(13)24(32)15-3-4-16-12-28-7-5-14(16)9-15/h3-5,7,9-13H,6,8H2,1-2H3/t13-/m0/s1. The molecule has 0 fully saturated rings. The van der Waals surface area contributed by atoms with Crippen LogP contribution in [-0.4, -0.2) is 32.1 Å². The summed E-state index contributed by atoms with van der Waals surface area (Å²) < 4.78 is 42.6. The second-order valence-electron chi connectivity index (χ2n) is 7.95. The van der Waals surface area contributed by atoms with Crippen molar-refractivity contribution in [2.24, 2.45) is 7.05 Å². The molecule has 3 heterocycles. The fraction of sp³-hybridized carbons (Fsp3) is 0.208. The third kappa shape index (κ3) is 3.14. The van der Waals surface area contributed by atoms with Crippen molar-refractivity contribution in [2.45, 2.75) is 19.4 Å². The van der Waals surface area contributed by atoms with Crippen molar-refractivity contribution in [3.05, 3.63) is 83.1 Å². The van der Waals surface area contributed by atoms with Crippen LogP contribution in [0.1, 0.15) is 34.6 Å². The monoisotopic (exact) mass is 436 g/mol. The first kappa shape index (κ1) is 20.2. The Morgan fingerprint density at radius 2 is 1.81 bits per heavy atom. The number of nitrogens with zero attached hydrogens (tertiary/aromatic N) is 4. The summed E-state index contributed by atoms with van der Waals surface area (Å²) in [7, 11) is 1.67. The molecule has 0 bridgehead atoms. The SMILES string of the molecule is C[C@H]1c2nn(C)c(-c3cc(F)c(F)c(F)c3)c2CCN1C(=O)c1ccc2cnccc2c1. The van der Waals surface area contributed by atoms with Crippen LogP contribution in [0.5, 0.6) is 0 Å². The van der Waals surface area contributed by atoms with E-state index < -0.39 is 17.5 Å². The van der Waals surface area contributed by atoms with Crippen molar-refractivity contribution < 1.29 is 18.0 Å². The third-order valence-corrected chi connectivity index (χ3v) is 6.05. The maximum absolute atomic E-state index is 13.8.